The first-order valence-electron chi connectivity index (χ1n) is 8.08. The fourth-order valence-corrected chi connectivity index (χ4v) is 2.19. The number of esters is 1. The Hall–Kier alpha value is -2.96. The Morgan fingerprint density at radius 3 is 2.52 bits per heavy atom. The van der Waals surface area contributed by atoms with Gasteiger partial charge in [-0.1, -0.05) is 25.5 Å². The number of aromatic nitrogens is 2. The van der Waals surface area contributed by atoms with Crippen LogP contribution in [0.4, 0.5) is 0 Å². The molecule has 2 aromatic rings. The Balaban J connectivity index is 2.00. The summed E-state index contributed by atoms with van der Waals surface area (Å²) in [6.45, 7) is 2.80. The maximum Gasteiger partial charge on any atom is 0.337 e. The largest absolute Gasteiger partial charge is 0.465 e. The highest BCUT2D eigenvalue weighted by atomic mass is 16.5. The Bertz CT molecular complexity index is 797. The number of nitrogens with zero attached hydrogens (tertiary/aromatic N) is 2. The molecule has 1 aromatic carbocycles. The Morgan fingerprint density at radius 1 is 1.16 bits per heavy atom. The summed E-state index contributed by atoms with van der Waals surface area (Å²) in [5.74, 6) is -0.767. The number of benzene rings is 1. The highest BCUT2D eigenvalue weighted by Gasteiger charge is 2.10. The van der Waals surface area contributed by atoms with Crippen LogP contribution in [0.3, 0.4) is 0 Å². The summed E-state index contributed by atoms with van der Waals surface area (Å²) in [4.78, 5) is 35.3. The van der Waals surface area contributed by atoms with E-state index < -0.39 is 5.97 Å². The molecule has 0 atom stereocenters. The van der Waals surface area contributed by atoms with Crippen molar-refractivity contribution in [3.63, 3.8) is 0 Å². The summed E-state index contributed by atoms with van der Waals surface area (Å²) >= 11 is 0. The first-order chi connectivity index (χ1) is 12.0. The lowest BCUT2D eigenvalue weighted by molar-refractivity contribution is 0.0600. The molecule has 0 radical (unpaired) electrons. The van der Waals surface area contributed by atoms with Crippen LogP contribution in [0.15, 0.2) is 41.2 Å². The molecule has 0 saturated carbocycles. The lowest BCUT2D eigenvalue weighted by Crippen LogP contribution is -2.29. The van der Waals surface area contributed by atoms with Gasteiger partial charge in [-0.25, -0.2) is 9.48 Å². The summed E-state index contributed by atoms with van der Waals surface area (Å²) in [6.07, 6.45) is 1.76. The van der Waals surface area contributed by atoms with E-state index in [1.54, 1.807) is 24.3 Å². The zero-order valence-corrected chi connectivity index (χ0v) is 14.3. The molecule has 0 bridgehead atoms. The van der Waals surface area contributed by atoms with E-state index in [2.05, 4.69) is 15.2 Å². The molecule has 7 nitrogen and oxygen atoms in total. The van der Waals surface area contributed by atoms with Crippen LogP contribution in [-0.4, -0.2) is 28.8 Å². The van der Waals surface area contributed by atoms with Gasteiger partial charge in [-0.15, -0.1) is 0 Å². The van der Waals surface area contributed by atoms with E-state index in [9.17, 15) is 14.4 Å². The van der Waals surface area contributed by atoms with E-state index in [-0.39, 0.29) is 23.7 Å². The van der Waals surface area contributed by atoms with Crippen molar-refractivity contribution in [3.8, 4) is 0 Å². The topological polar surface area (TPSA) is 90.3 Å². The minimum absolute atomic E-state index is 0.196. The van der Waals surface area contributed by atoms with E-state index in [0.29, 0.717) is 12.1 Å². The molecule has 0 aliphatic heterocycles. The molecule has 0 aliphatic carbocycles. The molecule has 132 valence electrons. The Labute approximate surface area is 145 Å². The summed E-state index contributed by atoms with van der Waals surface area (Å²) in [5.41, 5.74) is 1.26. The van der Waals surface area contributed by atoms with Gasteiger partial charge in [-0.3, -0.25) is 9.59 Å². The number of methoxy groups -OCH3 is 1. The molecule has 1 N–H and O–H groups in total. The number of hydrogen-bond donors (Lipinski definition) is 1. The lowest BCUT2D eigenvalue weighted by atomic mass is 10.1. The zero-order valence-electron chi connectivity index (χ0n) is 14.3. The molecule has 1 amide bonds. The maximum atomic E-state index is 12.2. The van der Waals surface area contributed by atoms with Gasteiger partial charge in [0.1, 0.15) is 5.69 Å². The van der Waals surface area contributed by atoms with Crippen LogP contribution in [0.1, 0.15) is 46.2 Å². The SMILES string of the molecule is CCCCn1nc(C(=O)NCc2ccc(C(=O)OC)cc2)ccc1=O. The van der Waals surface area contributed by atoms with Crippen LogP contribution < -0.4 is 10.9 Å². The van der Waals surface area contributed by atoms with E-state index in [1.165, 1.54) is 23.9 Å². The van der Waals surface area contributed by atoms with Gasteiger partial charge in [-0.2, -0.15) is 5.10 Å². The molecule has 2 rings (SSSR count). The van der Waals surface area contributed by atoms with Crippen molar-refractivity contribution in [2.45, 2.75) is 32.9 Å². The molecule has 25 heavy (non-hydrogen) atoms. The zero-order chi connectivity index (χ0) is 18.2. The van der Waals surface area contributed by atoms with Crippen LogP contribution >= 0.6 is 0 Å². The molecular weight excluding hydrogens is 322 g/mol. The molecule has 0 fully saturated rings. The third-order valence-corrected chi connectivity index (χ3v) is 3.65. The number of unbranched alkanes of at least 4 members (excludes halogenated alkanes) is 1. The lowest BCUT2D eigenvalue weighted by Gasteiger charge is -2.08. The average molecular weight is 343 g/mol. The van der Waals surface area contributed by atoms with Gasteiger partial charge in [-0.05, 0) is 30.2 Å². The molecule has 0 unspecified atom stereocenters. The van der Waals surface area contributed by atoms with Crippen molar-refractivity contribution in [2.24, 2.45) is 0 Å². The van der Waals surface area contributed by atoms with E-state index in [4.69, 9.17) is 0 Å². The van der Waals surface area contributed by atoms with Crippen molar-refractivity contribution in [2.75, 3.05) is 7.11 Å². The Morgan fingerprint density at radius 2 is 1.88 bits per heavy atom. The smallest absolute Gasteiger partial charge is 0.337 e. The monoisotopic (exact) mass is 343 g/mol. The number of rotatable bonds is 7. The molecule has 0 spiro atoms. The third-order valence-electron chi connectivity index (χ3n) is 3.65. The van der Waals surface area contributed by atoms with Crippen LogP contribution in [0, 0.1) is 0 Å². The van der Waals surface area contributed by atoms with Crippen LogP contribution in [-0.2, 0) is 17.8 Å². The second-order valence-electron chi connectivity index (χ2n) is 5.50. The fraction of sp³-hybridized carbons (Fsp3) is 0.333. The first-order valence-corrected chi connectivity index (χ1v) is 8.08. The van der Waals surface area contributed by atoms with Gasteiger partial charge in [0.25, 0.3) is 11.5 Å². The molecule has 0 aliphatic rings. The van der Waals surface area contributed by atoms with Crippen LogP contribution in [0.25, 0.3) is 0 Å². The van der Waals surface area contributed by atoms with E-state index >= 15 is 0 Å². The Kier molecular flexibility index (Phi) is 6.45. The fourth-order valence-electron chi connectivity index (χ4n) is 2.19. The third kappa shape index (κ3) is 5.00. The number of amides is 1. The minimum atomic E-state index is -0.408. The quantitative estimate of drug-likeness (QED) is 0.774. The molecule has 1 aromatic heterocycles. The number of carbonyl (C=O) groups is 2. The standard InChI is InChI=1S/C18H21N3O4/c1-3-4-11-21-16(22)10-9-15(20-21)17(23)19-12-13-5-7-14(8-6-13)18(24)25-2/h5-10H,3-4,11-12H2,1-2H3,(H,19,23). The van der Waals surface area contributed by atoms with Crippen molar-refractivity contribution >= 4 is 11.9 Å². The van der Waals surface area contributed by atoms with Gasteiger partial charge >= 0.3 is 5.97 Å². The number of carbonyl (C=O) groups excluding carboxylic acids is 2. The van der Waals surface area contributed by atoms with Crippen LogP contribution in [0.2, 0.25) is 0 Å². The maximum absolute atomic E-state index is 12.2. The molecule has 1 heterocycles. The molecule has 7 heteroatoms. The molecular formula is C18H21N3O4. The van der Waals surface area contributed by atoms with Crippen molar-refractivity contribution in [1.29, 1.82) is 0 Å². The minimum Gasteiger partial charge on any atom is -0.465 e. The van der Waals surface area contributed by atoms with Crippen molar-refractivity contribution in [3.05, 3.63) is 63.6 Å². The number of hydrogen-bond acceptors (Lipinski definition) is 5. The average Bonchev–Trinajstić information content (AvgIpc) is 2.65. The first kappa shape index (κ1) is 18.4. The summed E-state index contributed by atoms with van der Waals surface area (Å²) in [7, 11) is 1.32. The van der Waals surface area contributed by atoms with Crippen molar-refractivity contribution in [1.82, 2.24) is 15.1 Å². The van der Waals surface area contributed by atoms with Gasteiger partial charge in [0.15, 0.2) is 0 Å². The summed E-state index contributed by atoms with van der Waals surface area (Å²) in [5, 5.41) is 6.85. The summed E-state index contributed by atoms with van der Waals surface area (Å²) < 4.78 is 5.95. The van der Waals surface area contributed by atoms with Gasteiger partial charge in [0.2, 0.25) is 0 Å². The highest BCUT2D eigenvalue weighted by Crippen LogP contribution is 2.06. The number of ether oxygens (including phenoxy) is 1. The second kappa shape index (κ2) is 8.77. The second-order valence-corrected chi connectivity index (χ2v) is 5.50. The van der Waals surface area contributed by atoms with Gasteiger partial charge in [0, 0.05) is 19.2 Å². The predicted molar refractivity (Wildman–Crippen MR) is 92.4 cm³/mol. The normalized spacial score (nSPS) is 10.3. The predicted octanol–water partition coefficient (Wildman–Crippen LogP) is 1.76. The highest BCUT2D eigenvalue weighted by molar-refractivity contribution is 5.92. The van der Waals surface area contributed by atoms with E-state index in [1.807, 2.05) is 6.92 Å². The van der Waals surface area contributed by atoms with Gasteiger partial charge in [0.05, 0.1) is 12.7 Å². The number of nitrogens with one attached hydrogen (secondary N) is 1. The van der Waals surface area contributed by atoms with Gasteiger partial charge < -0.3 is 10.1 Å². The molecule has 0 saturated heterocycles. The van der Waals surface area contributed by atoms with E-state index in [0.717, 1.165) is 18.4 Å². The number of aryl methyl sites for hydroxylation is 1. The van der Waals surface area contributed by atoms with Crippen LogP contribution in [0.5, 0.6) is 0 Å². The van der Waals surface area contributed by atoms with Crippen molar-refractivity contribution < 1.29 is 14.3 Å². The summed E-state index contributed by atoms with van der Waals surface area (Å²) in [6, 6.07) is 9.51.